The summed E-state index contributed by atoms with van der Waals surface area (Å²) >= 11 is 2.96. The summed E-state index contributed by atoms with van der Waals surface area (Å²) in [4.78, 5) is 0. The van der Waals surface area contributed by atoms with Gasteiger partial charge in [-0.1, -0.05) is 0 Å². The van der Waals surface area contributed by atoms with Gasteiger partial charge in [0.2, 0.25) is 0 Å². The van der Waals surface area contributed by atoms with E-state index in [1.54, 1.807) is 0 Å². The molecule has 0 amide bonds. The van der Waals surface area contributed by atoms with Crippen LogP contribution in [0, 0.1) is 17.5 Å². The third kappa shape index (κ3) is 3.57. The van der Waals surface area contributed by atoms with Crippen molar-refractivity contribution in [1.29, 1.82) is 0 Å². The predicted molar refractivity (Wildman–Crippen MR) is 75.4 cm³/mol. The van der Waals surface area contributed by atoms with Crippen LogP contribution in [0.15, 0.2) is 34.8 Å². The van der Waals surface area contributed by atoms with Gasteiger partial charge in [-0.2, -0.15) is 0 Å². The first-order chi connectivity index (χ1) is 9.90. The van der Waals surface area contributed by atoms with Gasteiger partial charge in [-0.25, -0.2) is 13.2 Å². The molecule has 112 valence electrons. The number of aliphatic hydroxyl groups is 1. The molecule has 6 heteroatoms. The highest BCUT2D eigenvalue weighted by Crippen LogP contribution is 2.28. The highest BCUT2D eigenvalue weighted by molar-refractivity contribution is 9.10. The zero-order chi connectivity index (χ0) is 15.6. The molecular formula is C15H12BrF3O2. The molecule has 1 unspecified atom stereocenters. The van der Waals surface area contributed by atoms with Crippen LogP contribution < -0.4 is 4.74 Å². The van der Waals surface area contributed by atoms with Crippen LogP contribution >= 0.6 is 15.9 Å². The van der Waals surface area contributed by atoms with Gasteiger partial charge in [-0.05, 0) is 47.1 Å². The second-order valence-corrected chi connectivity index (χ2v) is 5.32. The number of hydrogen-bond acceptors (Lipinski definition) is 2. The minimum absolute atomic E-state index is 0.0452. The van der Waals surface area contributed by atoms with Crippen molar-refractivity contribution in [3.8, 4) is 5.75 Å². The Bertz CT molecular complexity index is 660. The van der Waals surface area contributed by atoms with Crippen LogP contribution in [0.3, 0.4) is 0 Å². The average molecular weight is 361 g/mol. The smallest absolute Gasteiger partial charge is 0.146 e. The molecule has 2 aromatic carbocycles. The number of hydrogen-bond donors (Lipinski definition) is 1. The molecule has 2 nitrogen and oxygen atoms in total. The Morgan fingerprint density at radius 3 is 2.57 bits per heavy atom. The van der Waals surface area contributed by atoms with Gasteiger partial charge in [-0.3, -0.25) is 0 Å². The lowest BCUT2D eigenvalue weighted by molar-refractivity contribution is 0.189. The Balaban J connectivity index is 2.29. The normalized spacial score (nSPS) is 12.3. The van der Waals surface area contributed by atoms with E-state index in [9.17, 15) is 18.3 Å². The quantitative estimate of drug-likeness (QED) is 0.813. The molecule has 2 aromatic rings. The summed E-state index contributed by atoms with van der Waals surface area (Å²) in [5.41, 5.74) is 0.0670. The number of ether oxygens (including phenoxy) is 1. The topological polar surface area (TPSA) is 29.5 Å². The molecule has 0 radical (unpaired) electrons. The largest absolute Gasteiger partial charge is 0.488 e. The average Bonchev–Trinajstić information content (AvgIpc) is 2.43. The summed E-state index contributed by atoms with van der Waals surface area (Å²) < 4.78 is 46.1. The lowest BCUT2D eigenvalue weighted by Gasteiger charge is -2.14. The first kappa shape index (κ1) is 15.9. The van der Waals surface area contributed by atoms with E-state index >= 15 is 0 Å². The van der Waals surface area contributed by atoms with Gasteiger partial charge in [0, 0.05) is 11.6 Å². The van der Waals surface area contributed by atoms with Gasteiger partial charge in [-0.15, -0.1) is 0 Å². The van der Waals surface area contributed by atoms with Crippen molar-refractivity contribution in [2.75, 3.05) is 0 Å². The molecule has 0 fully saturated rings. The van der Waals surface area contributed by atoms with Crippen LogP contribution in [0.1, 0.15) is 24.2 Å². The number of rotatable bonds is 4. The Kier molecular flexibility index (Phi) is 4.90. The van der Waals surface area contributed by atoms with Crippen LogP contribution in [0.5, 0.6) is 5.75 Å². The Morgan fingerprint density at radius 2 is 1.90 bits per heavy atom. The molecule has 0 saturated heterocycles. The number of benzene rings is 2. The molecule has 1 N–H and O–H groups in total. The number of aliphatic hydroxyl groups excluding tert-OH is 1. The lowest BCUT2D eigenvalue weighted by Crippen LogP contribution is -2.05. The van der Waals surface area contributed by atoms with E-state index in [0.29, 0.717) is 5.56 Å². The highest BCUT2D eigenvalue weighted by Gasteiger charge is 2.15. The van der Waals surface area contributed by atoms with Crippen molar-refractivity contribution < 1.29 is 23.0 Å². The van der Waals surface area contributed by atoms with Crippen LogP contribution in [0.25, 0.3) is 0 Å². The predicted octanol–water partition coefficient (Wildman–Crippen LogP) is 4.50. The molecule has 0 heterocycles. The van der Waals surface area contributed by atoms with Crippen molar-refractivity contribution in [1.82, 2.24) is 0 Å². The maximum atomic E-state index is 13.8. The molecule has 0 aromatic heterocycles. The van der Waals surface area contributed by atoms with E-state index < -0.39 is 30.2 Å². The Labute approximate surface area is 128 Å². The van der Waals surface area contributed by atoms with E-state index in [4.69, 9.17) is 4.74 Å². The molecule has 1 atom stereocenters. The van der Waals surface area contributed by atoms with E-state index in [1.807, 2.05) is 0 Å². The molecule has 0 aliphatic heterocycles. The lowest BCUT2D eigenvalue weighted by atomic mass is 10.1. The van der Waals surface area contributed by atoms with E-state index in [1.165, 1.54) is 25.1 Å². The van der Waals surface area contributed by atoms with Crippen molar-refractivity contribution in [2.24, 2.45) is 0 Å². The monoisotopic (exact) mass is 360 g/mol. The maximum absolute atomic E-state index is 13.8. The summed E-state index contributed by atoms with van der Waals surface area (Å²) in [6.07, 6.45) is -0.891. The fourth-order valence-corrected chi connectivity index (χ4v) is 2.20. The second-order valence-electron chi connectivity index (χ2n) is 4.47. The first-order valence-electron chi connectivity index (χ1n) is 6.13. The zero-order valence-corrected chi connectivity index (χ0v) is 12.6. The summed E-state index contributed by atoms with van der Waals surface area (Å²) in [5.74, 6) is -2.05. The maximum Gasteiger partial charge on any atom is 0.146 e. The van der Waals surface area contributed by atoms with Crippen LogP contribution in [-0.2, 0) is 6.61 Å². The van der Waals surface area contributed by atoms with Crippen molar-refractivity contribution >= 4 is 15.9 Å². The van der Waals surface area contributed by atoms with Gasteiger partial charge in [0.25, 0.3) is 0 Å². The van der Waals surface area contributed by atoms with Crippen molar-refractivity contribution in [2.45, 2.75) is 19.6 Å². The van der Waals surface area contributed by atoms with E-state index in [-0.39, 0.29) is 15.8 Å². The van der Waals surface area contributed by atoms with E-state index in [2.05, 4.69) is 15.9 Å². The molecule has 0 aliphatic rings. The summed E-state index contributed by atoms with van der Waals surface area (Å²) in [6, 6.07) is 5.96. The van der Waals surface area contributed by atoms with Gasteiger partial charge >= 0.3 is 0 Å². The Hall–Kier alpha value is -1.53. The summed E-state index contributed by atoms with van der Waals surface area (Å²) in [7, 11) is 0. The van der Waals surface area contributed by atoms with E-state index in [0.717, 1.165) is 12.1 Å². The van der Waals surface area contributed by atoms with Gasteiger partial charge in [0.05, 0.1) is 16.1 Å². The minimum atomic E-state index is -0.891. The molecule has 0 aliphatic carbocycles. The molecule has 0 saturated carbocycles. The van der Waals surface area contributed by atoms with Crippen molar-refractivity contribution in [3.63, 3.8) is 0 Å². The van der Waals surface area contributed by atoms with Crippen LogP contribution in [-0.4, -0.2) is 5.11 Å². The third-order valence-corrected chi connectivity index (χ3v) is 3.55. The molecule has 0 bridgehead atoms. The van der Waals surface area contributed by atoms with Gasteiger partial charge in [0.15, 0.2) is 0 Å². The Morgan fingerprint density at radius 1 is 1.19 bits per heavy atom. The van der Waals surface area contributed by atoms with Gasteiger partial charge < -0.3 is 9.84 Å². The van der Waals surface area contributed by atoms with Crippen LogP contribution in [0.4, 0.5) is 13.2 Å². The highest BCUT2D eigenvalue weighted by atomic mass is 79.9. The molecule has 21 heavy (non-hydrogen) atoms. The number of halogens is 4. The molecule has 0 spiro atoms. The fourth-order valence-electron chi connectivity index (χ4n) is 1.83. The van der Waals surface area contributed by atoms with Crippen molar-refractivity contribution in [3.05, 3.63) is 63.4 Å². The first-order valence-corrected chi connectivity index (χ1v) is 6.92. The SMILES string of the molecule is CC(O)c1ccc(F)cc1OCc1c(F)ccc(Br)c1F. The summed E-state index contributed by atoms with van der Waals surface area (Å²) in [5, 5.41) is 9.59. The summed E-state index contributed by atoms with van der Waals surface area (Å²) in [6.45, 7) is 1.07. The molecule has 2 rings (SSSR count). The van der Waals surface area contributed by atoms with Crippen LogP contribution in [0.2, 0.25) is 0 Å². The zero-order valence-electron chi connectivity index (χ0n) is 11.0. The standard InChI is InChI=1S/C15H12BrF3O2/c1-8(20)10-3-2-9(17)6-14(10)21-7-11-13(18)5-4-12(16)15(11)19/h2-6,8,20H,7H2,1H3. The fraction of sp³-hybridized carbons (Fsp3) is 0.200. The minimum Gasteiger partial charge on any atom is -0.488 e. The second kappa shape index (κ2) is 6.49. The molecular weight excluding hydrogens is 349 g/mol. The third-order valence-electron chi connectivity index (χ3n) is 2.94. The van der Waals surface area contributed by atoms with Gasteiger partial charge in [0.1, 0.15) is 29.8 Å².